The Kier molecular flexibility index (Phi) is 8.93. The highest BCUT2D eigenvalue weighted by Gasteiger charge is 2.22. The zero-order valence-electron chi connectivity index (χ0n) is 23.0. The van der Waals surface area contributed by atoms with Gasteiger partial charge in [0.25, 0.3) is 5.91 Å². The second-order valence-corrected chi connectivity index (χ2v) is 9.77. The van der Waals surface area contributed by atoms with E-state index >= 15 is 0 Å². The third-order valence-electron chi connectivity index (χ3n) is 6.74. The van der Waals surface area contributed by atoms with Crippen molar-refractivity contribution in [2.24, 2.45) is 0 Å². The van der Waals surface area contributed by atoms with E-state index < -0.39 is 0 Å². The Morgan fingerprint density at radius 3 is 1.79 bits per heavy atom. The maximum absolute atomic E-state index is 13.4. The van der Waals surface area contributed by atoms with Crippen LogP contribution >= 0.6 is 0 Å². The molecule has 3 amide bonds. The first-order valence-corrected chi connectivity index (χ1v) is 13.5. The van der Waals surface area contributed by atoms with Crippen molar-refractivity contribution >= 4 is 17.6 Å². The number of piperazine rings is 1. The number of carbonyl (C=O) groups excluding carboxylic acids is 2. The molecule has 4 aromatic carbocycles. The number of rotatable bonds is 8. The third-order valence-corrected chi connectivity index (χ3v) is 6.74. The summed E-state index contributed by atoms with van der Waals surface area (Å²) < 4.78 is 38.6. The fourth-order valence-electron chi connectivity index (χ4n) is 4.51. The van der Waals surface area contributed by atoms with Crippen LogP contribution in [0.1, 0.15) is 15.9 Å². The van der Waals surface area contributed by atoms with Crippen LogP contribution in [-0.4, -0.2) is 55.0 Å². The van der Waals surface area contributed by atoms with Crippen molar-refractivity contribution in [1.82, 2.24) is 15.1 Å². The first kappa shape index (κ1) is 28.6. The van der Waals surface area contributed by atoms with E-state index in [9.17, 15) is 18.4 Å². The molecule has 0 spiro atoms. The van der Waals surface area contributed by atoms with Crippen LogP contribution in [0.25, 0.3) is 0 Å². The molecule has 1 heterocycles. The Bertz CT molecular complexity index is 1520. The fourth-order valence-corrected chi connectivity index (χ4v) is 4.51. The van der Waals surface area contributed by atoms with Gasteiger partial charge in [-0.1, -0.05) is 12.1 Å². The standard InChI is InChI=1S/C32H30F2N4O4/c1-35-31(39)23-4-10-27(11-5-23)41-29-18-26(19-30(20-29)42-28-12-8-25(34)9-13-28)36-32(40)38-16-14-37(15-17-38)21-22-2-6-24(33)7-3-22/h2-13,18-20H,14-17,21H2,1H3,(H,35,39)(H,36,40). The van der Waals surface area contributed by atoms with Gasteiger partial charge in [0.15, 0.2) is 0 Å². The van der Waals surface area contributed by atoms with Crippen LogP contribution in [0.3, 0.4) is 0 Å². The Morgan fingerprint density at radius 1 is 0.714 bits per heavy atom. The van der Waals surface area contributed by atoms with Crippen molar-refractivity contribution in [3.63, 3.8) is 0 Å². The summed E-state index contributed by atoms with van der Waals surface area (Å²) in [4.78, 5) is 29.0. The third kappa shape index (κ3) is 7.61. The van der Waals surface area contributed by atoms with Crippen LogP contribution < -0.4 is 20.1 Å². The van der Waals surface area contributed by atoms with Crippen molar-refractivity contribution in [3.05, 3.63) is 114 Å². The van der Waals surface area contributed by atoms with E-state index in [-0.39, 0.29) is 23.6 Å². The number of ether oxygens (including phenoxy) is 2. The molecule has 0 aliphatic carbocycles. The van der Waals surface area contributed by atoms with Gasteiger partial charge in [-0.05, 0) is 66.2 Å². The van der Waals surface area contributed by atoms with Gasteiger partial charge in [0.2, 0.25) is 0 Å². The van der Waals surface area contributed by atoms with Gasteiger partial charge in [-0.2, -0.15) is 0 Å². The molecular weight excluding hydrogens is 542 g/mol. The largest absolute Gasteiger partial charge is 0.457 e. The predicted molar refractivity (Wildman–Crippen MR) is 155 cm³/mol. The number of hydrogen-bond acceptors (Lipinski definition) is 5. The number of anilines is 1. The van der Waals surface area contributed by atoms with Crippen molar-refractivity contribution in [1.29, 1.82) is 0 Å². The van der Waals surface area contributed by atoms with Gasteiger partial charge in [0, 0.05) is 69.2 Å². The SMILES string of the molecule is CNC(=O)c1ccc(Oc2cc(NC(=O)N3CCN(Cc4ccc(F)cc4)CC3)cc(Oc3ccc(F)cc3)c2)cc1. The summed E-state index contributed by atoms with van der Waals surface area (Å²) in [6.45, 7) is 3.10. The summed E-state index contributed by atoms with van der Waals surface area (Å²) in [5.41, 5.74) is 1.96. The molecule has 0 aromatic heterocycles. The summed E-state index contributed by atoms with van der Waals surface area (Å²) in [7, 11) is 1.56. The molecule has 0 radical (unpaired) electrons. The molecule has 2 N–H and O–H groups in total. The summed E-state index contributed by atoms with van der Waals surface area (Å²) in [5.74, 6) is 0.805. The van der Waals surface area contributed by atoms with E-state index in [1.165, 1.54) is 36.4 Å². The van der Waals surface area contributed by atoms with Gasteiger partial charge >= 0.3 is 6.03 Å². The molecule has 0 atom stereocenters. The molecule has 0 saturated carbocycles. The quantitative estimate of drug-likeness (QED) is 0.261. The number of nitrogens with one attached hydrogen (secondary N) is 2. The van der Waals surface area contributed by atoms with E-state index in [1.54, 1.807) is 66.5 Å². The predicted octanol–water partition coefficient (Wildman–Crippen LogP) is 6.26. The average Bonchev–Trinajstić information content (AvgIpc) is 3.00. The average molecular weight is 573 g/mol. The number of benzene rings is 4. The smallest absolute Gasteiger partial charge is 0.321 e. The van der Waals surface area contributed by atoms with Gasteiger partial charge in [-0.15, -0.1) is 0 Å². The summed E-state index contributed by atoms with van der Waals surface area (Å²) in [5, 5.41) is 5.50. The second-order valence-electron chi connectivity index (χ2n) is 9.77. The van der Waals surface area contributed by atoms with E-state index in [1.807, 2.05) is 0 Å². The lowest BCUT2D eigenvalue weighted by atomic mass is 10.2. The highest BCUT2D eigenvalue weighted by Crippen LogP contribution is 2.33. The minimum absolute atomic E-state index is 0.211. The molecule has 0 unspecified atom stereocenters. The number of carbonyl (C=O) groups is 2. The molecular formula is C32H30F2N4O4. The van der Waals surface area contributed by atoms with Crippen LogP contribution in [0.4, 0.5) is 19.3 Å². The van der Waals surface area contributed by atoms with Crippen molar-refractivity contribution in [2.75, 3.05) is 38.5 Å². The Morgan fingerprint density at radius 2 is 1.24 bits per heavy atom. The molecule has 5 rings (SSSR count). The maximum atomic E-state index is 13.4. The van der Waals surface area contributed by atoms with E-state index in [2.05, 4.69) is 15.5 Å². The highest BCUT2D eigenvalue weighted by molar-refractivity contribution is 5.94. The zero-order chi connectivity index (χ0) is 29.5. The lowest BCUT2D eigenvalue weighted by Gasteiger charge is -2.34. The van der Waals surface area contributed by atoms with E-state index in [0.717, 1.165) is 5.56 Å². The van der Waals surface area contributed by atoms with Gasteiger partial charge in [-0.3, -0.25) is 9.69 Å². The van der Waals surface area contributed by atoms with Crippen molar-refractivity contribution in [2.45, 2.75) is 6.54 Å². The van der Waals surface area contributed by atoms with Crippen LogP contribution in [0.5, 0.6) is 23.0 Å². The van der Waals surface area contributed by atoms with E-state index in [0.29, 0.717) is 67.0 Å². The molecule has 0 bridgehead atoms. The van der Waals surface area contributed by atoms with Crippen LogP contribution in [0.15, 0.2) is 91.0 Å². The Balaban J connectivity index is 1.27. The molecule has 42 heavy (non-hydrogen) atoms. The zero-order valence-corrected chi connectivity index (χ0v) is 23.0. The lowest BCUT2D eigenvalue weighted by molar-refractivity contribution is 0.0963. The van der Waals surface area contributed by atoms with Crippen LogP contribution in [0.2, 0.25) is 0 Å². The lowest BCUT2D eigenvalue weighted by Crippen LogP contribution is -2.49. The molecule has 216 valence electrons. The monoisotopic (exact) mass is 572 g/mol. The molecule has 1 fully saturated rings. The minimum atomic E-state index is -0.384. The summed E-state index contributed by atoms with van der Waals surface area (Å²) in [6.07, 6.45) is 0. The molecule has 1 saturated heterocycles. The molecule has 1 aliphatic rings. The minimum Gasteiger partial charge on any atom is -0.457 e. The fraction of sp³-hybridized carbons (Fsp3) is 0.188. The van der Waals surface area contributed by atoms with Gasteiger partial charge in [-0.25, -0.2) is 13.6 Å². The first-order chi connectivity index (χ1) is 20.3. The van der Waals surface area contributed by atoms with Gasteiger partial charge < -0.3 is 25.0 Å². The first-order valence-electron chi connectivity index (χ1n) is 13.5. The van der Waals surface area contributed by atoms with Crippen LogP contribution in [0, 0.1) is 11.6 Å². The Hall–Kier alpha value is -4.96. The normalized spacial score (nSPS) is 13.4. The summed E-state index contributed by atoms with van der Waals surface area (Å²) in [6, 6.07) is 23.4. The van der Waals surface area contributed by atoms with Crippen LogP contribution in [-0.2, 0) is 6.54 Å². The number of halogens is 2. The van der Waals surface area contributed by atoms with Gasteiger partial charge in [0.05, 0.1) is 0 Å². The maximum Gasteiger partial charge on any atom is 0.321 e. The molecule has 4 aromatic rings. The second kappa shape index (κ2) is 13.1. The molecule has 10 heteroatoms. The van der Waals surface area contributed by atoms with Gasteiger partial charge in [0.1, 0.15) is 34.6 Å². The number of hydrogen-bond donors (Lipinski definition) is 2. The summed E-state index contributed by atoms with van der Waals surface area (Å²) >= 11 is 0. The number of urea groups is 1. The highest BCUT2D eigenvalue weighted by atomic mass is 19.1. The molecule has 1 aliphatic heterocycles. The van der Waals surface area contributed by atoms with Crippen molar-refractivity contribution in [3.8, 4) is 23.0 Å². The van der Waals surface area contributed by atoms with E-state index in [4.69, 9.17) is 9.47 Å². The number of nitrogens with zero attached hydrogens (tertiary/aromatic N) is 2. The topological polar surface area (TPSA) is 83.1 Å². The Labute approximate surface area is 242 Å². The number of amides is 3. The van der Waals surface area contributed by atoms with Crippen molar-refractivity contribution < 1.29 is 27.8 Å². The molecule has 8 nitrogen and oxygen atoms in total.